The smallest absolute Gasteiger partial charge is 0.138 e. The Labute approximate surface area is 81.8 Å². The maximum Gasteiger partial charge on any atom is 0.138 e. The van der Waals surface area contributed by atoms with Crippen LogP contribution in [0.15, 0.2) is 30.4 Å². The molecule has 0 saturated heterocycles. The maximum absolute atomic E-state index is 12.6. The second-order valence-corrected chi connectivity index (χ2v) is 3.23. The molecule has 0 atom stereocenters. The predicted octanol–water partition coefficient (Wildman–Crippen LogP) is 3.43. The third-order valence-electron chi connectivity index (χ3n) is 1.37. The SMILES string of the molecule is C=C(C)COc1ccc(F)cc1Cl. The van der Waals surface area contributed by atoms with Crippen LogP contribution < -0.4 is 4.74 Å². The highest BCUT2D eigenvalue weighted by molar-refractivity contribution is 6.32. The Bertz CT molecular complexity index is 323. The van der Waals surface area contributed by atoms with E-state index in [2.05, 4.69) is 6.58 Å². The first-order chi connectivity index (χ1) is 6.09. The maximum atomic E-state index is 12.6. The van der Waals surface area contributed by atoms with Gasteiger partial charge in [0.15, 0.2) is 0 Å². The molecular weight excluding hydrogens is 191 g/mol. The van der Waals surface area contributed by atoms with Crippen molar-refractivity contribution in [2.75, 3.05) is 6.61 Å². The monoisotopic (exact) mass is 200 g/mol. The first-order valence-corrected chi connectivity index (χ1v) is 4.19. The van der Waals surface area contributed by atoms with Crippen molar-refractivity contribution in [3.63, 3.8) is 0 Å². The van der Waals surface area contributed by atoms with Crippen LogP contribution in [-0.2, 0) is 0 Å². The summed E-state index contributed by atoms with van der Waals surface area (Å²) in [5.41, 5.74) is 0.889. The molecule has 1 rings (SSSR count). The molecule has 0 unspecified atom stereocenters. The second-order valence-electron chi connectivity index (χ2n) is 2.82. The molecule has 0 aliphatic rings. The van der Waals surface area contributed by atoms with Gasteiger partial charge in [-0.15, -0.1) is 0 Å². The summed E-state index contributed by atoms with van der Waals surface area (Å²) in [5, 5.41) is 0.279. The fourth-order valence-electron chi connectivity index (χ4n) is 0.793. The van der Waals surface area contributed by atoms with Crippen LogP contribution >= 0.6 is 11.6 Å². The zero-order valence-corrected chi connectivity index (χ0v) is 8.07. The van der Waals surface area contributed by atoms with Gasteiger partial charge in [0.05, 0.1) is 5.02 Å². The number of ether oxygens (including phenoxy) is 1. The fraction of sp³-hybridized carbons (Fsp3) is 0.200. The molecule has 0 heterocycles. The Hall–Kier alpha value is -1.02. The zero-order valence-electron chi connectivity index (χ0n) is 7.31. The second kappa shape index (κ2) is 4.28. The highest BCUT2D eigenvalue weighted by Gasteiger charge is 2.02. The van der Waals surface area contributed by atoms with Gasteiger partial charge in [-0.25, -0.2) is 4.39 Å². The van der Waals surface area contributed by atoms with E-state index in [1.54, 1.807) is 0 Å². The molecule has 0 saturated carbocycles. The van der Waals surface area contributed by atoms with Crippen molar-refractivity contribution in [1.82, 2.24) is 0 Å². The van der Waals surface area contributed by atoms with Crippen molar-refractivity contribution in [1.29, 1.82) is 0 Å². The van der Waals surface area contributed by atoms with Crippen molar-refractivity contribution < 1.29 is 9.13 Å². The van der Waals surface area contributed by atoms with Crippen molar-refractivity contribution >= 4 is 11.6 Å². The Balaban J connectivity index is 2.72. The lowest BCUT2D eigenvalue weighted by molar-refractivity contribution is 0.352. The Kier molecular flexibility index (Phi) is 3.32. The molecule has 13 heavy (non-hydrogen) atoms. The number of halogens is 2. The first kappa shape index (κ1) is 10.1. The zero-order chi connectivity index (χ0) is 9.84. The van der Waals surface area contributed by atoms with Crippen LogP contribution in [0.25, 0.3) is 0 Å². The summed E-state index contributed by atoms with van der Waals surface area (Å²) in [4.78, 5) is 0. The molecule has 0 N–H and O–H groups in total. The fourth-order valence-corrected chi connectivity index (χ4v) is 1.01. The van der Waals surface area contributed by atoms with Crippen LogP contribution in [0.5, 0.6) is 5.75 Å². The number of hydrogen-bond acceptors (Lipinski definition) is 1. The normalized spacial score (nSPS) is 9.77. The van der Waals surface area contributed by atoms with Crippen LogP contribution in [-0.4, -0.2) is 6.61 Å². The van der Waals surface area contributed by atoms with Gasteiger partial charge in [0.1, 0.15) is 18.2 Å². The molecule has 1 nitrogen and oxygen atoms in total. The van der Waals surface area contributed by atoms with Crippen LogP contribution in [0.1, 0.15) is 6.92 Å². The van der Waals surface area contributed by atoms with E-state index in [-0.39, 0.29) is 10.8 Å². The van der Waals surface area contributed by atoms with Gasteiger partial charge < -0.3 is 4.74 Å². The van der Waals surface area contributed by atoms with E-state index in [1.807, 2.05) is 6.92 Å². The van der Waals surface area contributed by atoms with E-state index in [4.69, 9.17) is 16.3 Å². The van der Waals surface area contributed by atoms with Gasteiger partial charge in [-0.2, -0.15) is 0 Å². The van der Waals surface area contributed by atoms with Gasteiger partial charge in [0.2, 0.25) is 0 Å². The summed E-state index contributed by atoms with van der Waals surface area (Å²) in [7, 11) is 0. The third kappa shape index (κ3) is 3.07. The molecule has 0 aliphatic heterocycles. The molecule has 0 aliphatic carbocycles. The van der Waals surface area contributed by atoms with E-state index in [9.17, 15) is 4.39 Å². The minimum absolute atomic E-state index is 0.279. The van der Waals surface area contributed by atoms with Crippen LogP contribution in [0.3, 0.4) is 0 Å². The van der Waals surface area contributed by atoms with Crippen molar-refractivity contribution in [2.45, 2.75) is 6.92 Å². The Morgan fingerprint density at radius 2 is 2.31 bits per heavy atom. The molecule has 0 amide bonds. The standard InChI is InChI=1S/C10H10ClFO/c1-7(2)6-13-10-4-3-8(12)5-9(10)11/h3-5H,1,6H2,2H3. The summed E-state index contributed by atoms with van der Waals surface area (Å²) >= 11 is 5.72. The van der Waals surface area contributed by atoms with Crippen molar-refractivity contribution in [2.24, 2.45) is 0 Å². The highest BCUT2D eigenvalue weighted by Crippen LogP contribution is 2.24. The Morgan fingerprint density at radius 3 is 2.85 bits per heavy atom. The lowest BCUT2D eigenvalue weighted by atomic mass is 10.3. The number of benzene rings is 1. The molecule has 70 valence electrons. The van der Waals surface area contributed by atoms with Gasteiger partial charge in [-0.1, -0.05) is 18.2 Å². The minimum atomic E-state index is -0.368. The largest absolute Gasteiger partial charge is 0.488 e. The average molecular weight is 201 g/mol. The third-order valence-corrected chi connectivity index (χ3v) is 1.66. The summed E-state index contributed by atoms with van der Waals surface area (Å²) in [5.74, 6) is 0.110. The lowest BCUT2D eigenvalue weighted by Gasteiger charge is -2.06. The summed E-state index contributed by atoms with van der Waals surface area (Å²) in [6.45, 7) is 5.91. The van der Waals surface area contributed by atoms with E-state index in [0.29, 0.717) is 12.4 Å². The van der Waals surface area contributed by atoms with Crippen LogP contribution in [0.4, 0.5) is 4.39 Å². The number of rotatable bonds is 3. The van der Waals surface area contributed by atoms with Gasteiger partial charge in [-0.05, 0) is 30.7 Å². The molecule has 1 aromatic rings. The van der Waals surface area contributed by atoms with Gasteiger partial charge in [0, 0.05) is 0 Å². The van der Waals surface area contributed by atoms with Crippen LogP contribution in [0, 0.1) is 5.82 Å². The van der Waals surface area contributed by atoms with Crippen LogP contribution in [0.2, 0.25) is 5.02 Å². The lowest BCUT2D eigenvalue weighted by Crippen LogP contribution is -1.98. The quantitative estimate of drug-likeness (QED) is 0.680. The van der Waals surface area contributed by atoms with Crippen molar-refractivity contribution in [3.8, 4) is 5.75 Å². The minimum Gasteiger partial charge on any atom is -0.488 e. The molecule has 0 fully saturated rings. The topological polar surface area (TPSA) is 9.23 Å². The molecule has 0 radical (unpaired) electrons. The summed E-state index contributed by atoms with van der Waals surface area (Å²) < 4.78 is 17.8. The summed E-state index contributed by atoms with van der Waals surface area (Å²) in [6, 6.07) is 4.02. The van der Waals surface area contributed by atoms with E-state index in [1.165, 1.54) is 18.2 Å². The summed E-state index contributed by atoms with van der Waals surface area (Å²) in [6.07, 6.45) is 0. The molecule has 0 bridgehead atoms. The van der Waals surface area contributed by atoms with Gasteiger partial charge >= 0.3 is 0 Å². The average Bonchev–Trinajstić information content (AvgIpc) is 2.02. The molecule has 0 spiro atoms. The van der Waals surface area contributed by atoms with E-state index >= 15 is 0 Å². The first-order valence-electron chi connectivity index (χ1n) is 3.82. The highest BCUT2D eigenvalue weighted by atomic mass is 35.5. The molecule has 1 aromatic carbocycles. The van der Waals surface area contributed by atoms with E-state index in [0.717, 1.165) is 5.57 Å². The molecule has 3 heteroatoms. The Morgan fingerprint density at radius 1 is 1.62 bits per heavy atom. The van der Waals surface area contributed by atoms with Crippen molar-refractivity contribution in [3.05, 3.63) is 41.2 Å². The van der Waals surface area contributed by atoms with Gasteiger partial charge in [0.25, 0.3) is 0 Å². The predicted molar refractivity (Wildman–Crippen MR) is 51.7 cm³/mol. The molecule has 0 aromatic heterocycles. The van der Waals surface area contributed by atoms with Gasteiger partial charge in [-0.3, -0.25) is 0 Å². The molecular formula is C10H10ClFO. The number of hydrogen-bond donors (Lipinski definition) is 0. The van der Waals surface area contributed by atoms with E-state index < -0.39 is 0 Å².